The maximum Gasteiger partial charge on any atom is 0.163 e. The topological polar surface area (TPSA) is 17.1 Å². The average molecular weight is 244 g/mol. The van der Waals surface area contributed by atoms with Crippen molar-refractivity contribution in [3.8, 4) is 0 Å². The monoisotopic (exact) mass is 244 g/mol. The lowest BCUT2D eigenvalue weighted by Gasteiger charge is -2.19. The highest BCUT2D eigenvalue weighted by molar-refractivity contribution is 5.98. The largest absolute Gasteiger partial charge is 0.294 e. The molecule has 0 unspecified atom stereocenters. The van der Waals surface area contributed by atoms with E-state index < -0.39 is 0 Å². The van der Waals surface area contributed by atoms with Gasteiger partial charge in [0.2, 0.25) is 0 Å². The third-order valence-electron chi connectivity index (χ3n) is 3.95. The first-order valence-electron chi connectivity index (χ1n) is 7.29. The number of rotatable bonds is 4. The SMILES string of the molecule is CCc1cc2c(cc1CCC(C)C)C(=O)CCC2. The zero-order chi connectivity index (χ0) is 13.1. The summed E-state index contributed by atoms with van der Waals surface area (Å²) in [5, 5.41) is 0. The third kappa shape index (κ3) is 2.82. The highest BCUT2D eigenvalue weighted by Gasteiger charge is 2.19. The second-order valence-electron chi connectivity index (χ2n) is 5.84. The fourth-order valence-corrected chi connectivity index (χ4v) is 2.79. The molecule has 0 amide bonds. The molecule has 1 aliphatic carbocycles. The van der Waals surface area contributed by atoms with Crippen LogP contribution in [0, 0.1) is 5.92 Å². The molecule has 1 aromatic rings. The van der Waals surface area contributed by atoms with Gasteiger partial charge in [-0.1, -0.05) is 26.8 Å². The molecule has 0 saturated carbocycles. The second-order valence-corrected chi connectivity index (χ2v) is 5.84. The van der Waals surface area contributed by atoms with Gasteiger partial charge in [-0.15, -0.1) is 0 Å². The minimum Gasteiger partial charge on any atom is -0.294 e. The quantitative estimate of drug-likeness (QED) is 0.769. The van der Waals surface area contributed by atoms with Crippen LogP contribution in [0.25, 0.3) is 0 Å². The van der Waals surface area contributed by atoms with Crippen LogP contribution < -0.4 is 0 Å². The molecule has 0 heterocycles. The predicted octanol–water partition coefficient (Wildman–Crippen LogP) is 4.36. The molecule has 18 heavy (non-hydrogen) atoms. The van der Waals surface area contributed by atoms with Gasteiger partial charge in [0, 0.05) is 12.0 Å². The van der Waals surface area contributed by atoms with Crippen LogP contribution in [-0.2, 0) is 19.3 Å². The van der Waals surface area contributed by atoms with Gasteiger partial charge in [-0.05, 0) is 60.8 Å². The standard InChI is InChI=1S/C17H24O/c1-4-13-10-15-6-5-7-17(18)16(15)11-14(13)9-8-12(2)3/h10-12H,4-9H2,1-3H3. The molecule has 0 fully saturated rings. The zero-order valence-corrected chi connectivity index (χ0v) is 11.9. The van der Waals surface area contributed by atoms with E-state index in [1.807, 2.05) is 0 Å². The summed E-state index contributed by atoms with van der Waals surface area (Å²) < 4.78 is 0. The lowest BCUT2D eigenvalue weighted by Crippen LogP contribution is -2.13. The van der Waals surface area contributed by atoms with E-state index in [1.54, 1.807) is 0 Å². The van der Waals surface area contributed by atoms with Crippen LogP contribution in [0.5, 0.6) is 0 Å². The summed E-state index contributed by atoms with van der Waals surface area (Å²) in [6, 6.07) is 4.49. The van der Waals surface area contributed by atoms with Gasteiger partial charge < -0.3 is 0 Å². The molecule has 1 aliphatic rings. The molecule has 0 aromatic heterocycles. The Balaban J connectivity index is 2.33. The molecule has 1 aromatic carbocycles. The highest BCUT2D eigenvalue weighted by atomic mass is 16.1. The van der Waals surface area contributed by atoms with E-state index in [-0.39, 0.29) is 0 Å². The molecule has 0 bridgehead atoms. The van der Waals surface area contributed by atoms with E-state index in [2.05, 4.69) is 32.9 Å². The number of fused-ring (bicyclic) bond motifs is 1. The Hall–Kier alpha value is -1.11. The van der Waals surface area contributed by atoms with Gasteiger partial charge in [0.05, 0.1) is 0 Å². The molecule has 1 nitrogen and oxygen atoms in total. The fraction of sp³-hybridized carbons (Fsp3) is 0.588. The molecule has 0 atom stereocenters. The molecule has 98 valence electrons. The first-order valence-corrected chi connectivity index (χ1v) is 7.29. The van der Waals surface area contributed by atoms with Gasteiger partial charge in [0.1, 0.15) is 0 Å². The van der Waals surface area contributed by atoms with Crippen molar-refractivity contribution in [2.75, 3.05) is 0 Å². The minimum atomic E-state index is 0.352. The fourth-order valence-electron chi connectivity index (χ4n) is 2.79. The lowest BCUT2D eigenvalue weighted by molar-refractivity contribution is 0.0972. The highest BCUT2D eigenvalue weighted by Crippen LogP contribution is 2.26. The van der Waals surface area contributed by atoms with Gasteiger partial charge >= 0.3 is 0 Å². The number of Topliss-reactive ketones (excluding diaryl/α,β-unsaturated/α-hetero) is 1. The maximum absolute atomic E-state index is 12.0. The second kappa shape index (κ2) is 5.69. The van der Waals surface area contributed by atoms with E-state index in [4.69, 9.17) is 0 Å². The van der Waals surface area contributed by atoms with Crippen molar-refractivity contribution in [3.63, 3.8) is 0 Å². The van der Waals surface area contributed by atoms with Crippen LogP contribution in [0.1, 0.15) is 67.1 Å². The van der Waals surface area contributed by atoms with E-state index in [1.165, 1.54) is 23.1 Å². The molecule has 1 heteroatoms. The van der Waals surface area contributed by atoms with Crippen molar-refractivity contribution in [2.45, 2.75) is 59.3 Å². The number of hydrogen-bond donors (Lipinski definition) is 0. The Bertz CT molecular complexity index is 443. The van der Waals surface area contributed by atoms with Gasteiger partial charge in [0.25, 0.3) is 0 Å². The Morgan fingerprint density at radius 1 is 1.17 bits per heavy atom. The van der Waals surface area contributed by atoms with Crippen molar-refractivity contribution in [2.24, 2.45) is 5.92 Å². The van der Waals surface area contributed by atoms with Gasteiger partial charge in [0.15, 0.2) is 5.78 Å². The Labute approximate surface area is 111 Å². The number of aryl methyl sites for hydroxylation is 3. The number of hydrogen-bond acceptors (Lipinski definition) is 1. The summed E-state index contributed by atoms with van der Waals surface area (Å²) in [6.45, 7) is 6.73. The summed E-state index contributed by atoms with van der Waals surface area (Å²) in [7, 11) is 0. The predicted molar refractivity (Wildman–Crippen MR) is 76.2 cm³/mol. The van der Waals surface area contributed by atoms with Gasteiger partial charge in [-0.25, -0.2) is 0 Å². The van der Waals surface area contributed by atoms with E-state index >= 15 is 0 Å². The number of carbonyl (C=O) groups is 1. The number of carbonyl (C=O) groups excluding carboxylic acids is 1. The first-order chi connectivity index (χ1) is 8.61. The summed E-state index contributed by atoms with van der Waals surface area (Å²) in [4.78, 5) is 12.0. The molecular formula is C17H24O. The van der Waals surface area contributed by atoms with Crippen LogP contribution in [-0.4, -0.2) is 5.78 Å². The first kappa shape index (κ1) is 13.3. The van der Waals surface area contributed by atoms with Crippen LogP contribution in [0.2, 0.25) is 0 Å². The molecule has 0 spiro atoms. The summed E-state index contributed by atoms with van der Waals surface area (Å²) in [5.74, 6) is 1.08. The summed E-state index contributed by atoms with van der Waals surface area (Å²) >= 11 is 0. The third-order valence-corrected chi connectivity index (χ3v) is 3.95. The van der Waals surface area contributed by atoms with Crippen molar-refractivity contribution < 1.29 is 4.79 Å². The molecular weight excluding hydrogens is 220 g/mol. The zero-order valence-electron chi connectivity index (χ0n) is 11.9. The van der Waals surface area contributed by atoms with Crippen LogP contribution in [0.15, 0.2) is 12.1 Å². The van der Waals surface area contributed by atoms with E-state index in [9.17, 15) is 4.79 Å². The lowest BCUT2D eigenvalue weighted by atomic mass is 9.85. The maximum atomic E-state index is 12.0. The van der Waals surface area contributed by atoms with Crippen LogP contribution >= 0.6 is 0 Å². The molecule has 0 radical (unpaired) electrons. The van der Waals surface area contributed by atoms with Crippen LogP contribution in [0.4, 0.5) is 0 Å². The van der Waals surface area contributed by atoms with Crippen molar-refractivity contribution in [1.82, 2.24) is 0 Å². The Morgan fingerprint density at radius 2 is 1.94 bits per heavy atom. The van der Waals surface area contributed by atoms with Crippen molar-refractivity contribution >= 4 is 5.78 Å². The number of benzene rings is 1. The average Bonchev–Trinajstić information content (AvgIpc) is 2.36. The Morgan fingerprint density at radius 3 is 2.61 bits per heavy atom. The van der Waals surface area contributed by atoms with E-state index in [0.29, 0.717) is 5.78 Å². The van der Waals surface area contributed by atoms with Crippen molar-refractivity contribution in [1.29, 1.82) is 0 Å². The summed E-state index contributed by atoms with van der Waals surface area (Å²) in [5.41, 5.74) is 5.15. The van der Waals surface area contributed by atoms with Gasteiger partial charge in [-0.2, -0.15) is 0 Å². The number of ketones is 1. The van der Waals surface area contributed by atoms with Crippen molar-refractivity contribution in [3.05, 3.63) is 34.4 Å². The van der Waals surface area contributed by atoms with Gasteiger partial charge in [-0.3, -0.25) is 4.79 Å². The van der Waals surface area contributed by atoms with E-state index in [0.717, 1.165) is 43.6 Å². The molecule has 0 aliphatic heterocycles. The molecule has 2 rings (SSSR count). The molecule has 0 N–H and O–H groups in total. The smallest absolute Gasteiger partial charge is 0.163 e. The van der Waals surface area contributed by atoms with Crippen LogP contribution in [0.3, 0.4) is 0 Å². The molecule has 0 saturated heterocycles. The summed E-state index contributed by atoms with van der Waals surface area (Å²) in [6.07, 6.45) is 6.25. The Kier molecular flexibility index (Phi) is 4.21. The normalized spacial score (nSPS) is 15.0. The minimum absolute atomic E-state index is 0.352.